The van der Waals surface area contributed by atoms with Crippen molar-refractivity contribution in [2.24, 2.45) is 5.92 Å². The van der Waals surface area contributed by atoms with E-state index >= 15 is 0 Å². The molecule has 2 heterocycles. The van der Waals surface area contributed by atoms with Crippen LogP contribution in [0.15, 0.2) is 12.1 Å². The monoisotopic (exact) mass is 320 g/mol. The maximum absolute atomic E-state index is 12.5. The Bertz CT molecular complexity index is 682. The van der Waals surface area contributed by atoms with Gasteiger partial charge in [-0.1, -0.05) is 6.92 Å². The Hall–Kier alpha value is -2.08. The van der Waals surface area contributed by atoms with Gasteiger partial charge in [-0.15, -0.1) is 0 Å². The number of esters is 2. The fraction of sp³-hybridized carbons (Fsp3) is 0.529. The Balaban J connectivity index is 2.05. The first-order chi connectivity index (χ1) is 10.8. The van der Waals surface area contributed by atoms with E-state index in [1.54, 1.807) is 20.1 Å². The number of rotatable bonds is 2. The summed E-state index contributed by atoms with van der Waals surface area (Å²) in [7, 11) is 1.55. The van der Waals surface area contributed by atoms with Crippen molar-refractivity contribution in [1.82, 2.24) is 0 Å². The average molecular weight is 320 g/mol. The molecule has 4 unspecified atom stereocenters. The minimum absolute atomic E-state index is 0.0837. The summed E-state index contributed by atoms with van der Waals surface area (Å²) in [4.78, 5) is 24.5. The fourth-order valence-corrected chi connectivity index (χ4v) is 3.62. The predicted octanol–water partition coefficient (Wildman–Crippen LogP) is 1.71. The molecule has 1 N–H and O–H groups in total. The normalized spacial score (nSPS) is 33.0. The van der Waals surface area contributed by atoms with Crippen LogP contribution in [0.1, 0.15) is 37.3 Å². The number of hydrogen-bond donors (Lipinski definition) is 1. The van der Waals surface area contributed by atoms with Gasteiger partial charge in [-0.3, -0.25) is 4.79 Å². The van der Waals surface area contributed by atoms with Gasteiger partial charge in [-0.2, -0.15) is 0 Å². The van der Waals surface area contributed by atoms with Crippen LogP contribution in [0.2, 0.25) is 0 Å². The molecule has 0 spiro atoms. The molecular weight excluding hydrogens is 300 g/mol. The molecule has 0 amide bonds. The van der Waals surface area contributed by atoms with Crippen LogP contribution < -0.4 is 9.47 Å². The molecule has 3 rings (SSSR count). The first-order valence-electron chi connectivity index (χ1n) is 7.61. The number of hydrogen-bond acceptors (Lipinski definition) is 6. The van der Waals surface area contributed by atoms with Gasteiger partial charge in [0.05, 0.1) is 7.11 Å². The topological polar surface area (TPSA) is 82.1 Å². The van der Waals surface area contributed by atoms with Crippen molar-refractivity contribution < 1.29 is 28.9 Å². The van der Waals surface area contributed by atoms with E-state index in [1.165, 1.54) is 0 Å². The molecule has 124 valence electrons. The lowest BCUT2D eigenvalue weighted by Crippen LogP contribution is -2.51. The van der Waals surface area contributed by atoms with Gasteiger partial charge in [0.2, 0.25) is 0 Å². The molecule has 6 heteroatoms. The van der Waals surface area contributed by atoms with Crippen molar-refractivity contribution in [3.05, 3.63) is 23.3 Å². The second kappa shape index (κ2) is 5.23. The maximum Gasteiger partial charge on any atom is 0.339 e. The molecular formula is C17H20O6. The zero-order valence-corrected chi connectivity index (χ0v) is 13.6. The SMILES string of the molecule is COc1cc2c(cc1C)C(C)C(C1(O)CC(C)OC1=O)C(=O)O2. The number of benzene rings is 1. The molecule has 0 radical (unpaired) electrons. The molecule has 6 nitrogen and oxygen atoms in total. The Labute approximate surface area is 134 Å². The third kappa shape index (κ3) is 2.28. The van der Waals surface area contributed by atoms with E-state index in [4.69, 9.17) is 14.2 Å². The first-order valence-corrected chi connectivity index (χ1v) is 7.61. The van der Waals surface area contributed by atoms with E-state index in [9.17, 15) is 14.7 Å². The van der Waals surface area contributed by atoms with Gasteiger partial charge >= 0.3 is 11.9 Å². The van der Waals surface area contributed by atoms with Gasteiger partial charge in [0, 0.05) is 18.4 Å². The number of aliphatic hydroxyl groups is 1. The summed E-state index contributed by atoms with van der Waals surface area (Å²) in [5.74, 6) is -1.71. The molecule has 0 aromatic heterocycles. The zero-order valence-electron chi connectivity index (χ0n) is 13.6. The highest BCUT2D eigenvalue weighted by atomic mass is 16.6. The summed E-state index contributed by atoms with van der Waals surface area (Å²) in [5.41, 5.74) is -0.181. The minimum Gasteiger partial charge on any atom is -0.496 e. The Morgan fingerprint density at radius 2 is 2.00 bits per heavy atom. The summed E-state index contributed by atoms with van der Waals surface area (Å²) in [5, 5.41) is 10.8. The predicted molar refractivity (Wildman–Crippen MR) is 80.4 cm³/mol. The van der Waals surface area contributed by atoms with Crippen molar-refractivity contribution in [3.63, 3.8) is 0 Å². The molecule has 1 aromatic rings. The van der Waals surface area contributed by atoms with E-state index in [0.29, 0.717) is 11.5 Å². The molecule has 4 atom stereocenters. The Kier molecular flexibility index (Phi) is 3.59. The fourth-order valence-electron chi connectivity index (χ4n) is 3.62. The van der Waals surface area contributed by atoms with Crippen molar-refractivity contribution >= 4 is 11.9 Å². The van der Waals surface area contributed by atoms with Crippen LogP contribution in [-0.4, -0.2) is 35.9 Å². The molecule has 23 heavy (non-hydrogen) atoms. The smallest absolute Gasteiger partial charge is 0.339 e. The van der Waals surface area contributed by atoms with Crippen molar-refractivity contribution in [2.45, 2.75) is 44.8 Å². The molecule has 1 aromatic carbocycles. The highest BCUT2D eigenvalue weighted by molar-refractivity contribution is 5.91. The number of carbonyl (C=O) groups excluding carboxylic acids is 2. The van der Waals surface area contributed by atoms with Gasteiger partial charge in [0.1, 0.15) is 23.5 Å². The van der Waals surface area contributed by atoms with E-state index < -0.39 is 29.6 Å². The number of aryl methyl sites for hydroxylation is 1. The third-order valence-electron chi connectivity index (χ3n) is 4.76. The summed E-state index contributed by atoms with van der Waals surface area (Å²) in [6.45, 7) is 5.39. The van der Waals surface area contributed by atoms with Crippen LogP contribution in [0.5, 0.6) is 11.5 Å². The summed E-state index contributed by atoms with van der Waals surface area (Å²) in [6, 6.07) is 3.53. The summed E-state index contributed by atoms with van der Waals surface area (Å²) >= 11 is 0. The van der Waals surface area contributed by atoms with Crippen LogP contribution in [-0.2, 0) is 14.3 Å². The van der Waals surface area contributed by atoms with E-state index in [-0.39, 0.29) is 12.3 Å². The molecule has 2 aliphatic rings. The van der Waals surface area contributed by atoms with Crippen LogP contribution in [0.3, 0.4) is 0 Å². The highest BCUT2D eigenvalue weighted by Gasteiger charge is 2.58. The molecule has 0 aliphatic carbocycles. The van der Waals surface area contributed by atoms with Crippen molar-refractivity contribution in [3.8, 4) is 11.5 Å². The number of ether oxygens (including phenoxy) is 3. The molecule has 2 aliphatic heterocycles. The number of fused-ring (bicyclic) bond motifs is 1. The highest BCUT2D eigenvalue weighted by Crippen LogP contribution is 2.47. The second-order valence-electron chi connectivity index (χ2n) is 6.39. The quantitative estimate of drug-likeness (QED) is 0.660. The molecule has 1 fully saturated rings. The lowest BCUT2D eigenvalue weighted by Gasteiger charge is -2.36. The van der Waals surface area contributed by atoms with Crippen LogP contribution in [0, 0.1) is 12.8 Å². The summed E-state index contributed by atoms with van der Waals surface area (Å²) < 4.78 is 15.7. The number of cyclic esters (lactones) is 1. The largest absolute Gasteiger partial charge is 0.496 e. The first kappa shape index (κ1) is 15.8. The van der Waals surface area contributed by atoms with E-state index in [1.807, 2.05) is 19.9 Å². The lowest BCUT2D eigenvalue weighted by molar-refractivity contribution is -0.169. The Morgan fingerprint density at radius 1 is 1.30 bits per heavy atom. The van der Waals surface area contributed by atoms with Crippen molar-refractivity contribution in [1.29, 1.82) is 0 Å². The maximum atomic E-state index is 12.5. The number of methoxy groups -OCH3 is 1. The number of carbonyl (C=O) groups is 2. The minimum atomic E-state index is -1.85. The molecule has 0 bridgehead atoms. The summed E-state index contributed by atoms with van der Waals surface area (Å²) in [6.07, 6.45) is -0.341. The van der Waals surface area contributed by atoms with Gasteiger partial charge in [0.15, 0.2) is 5.60 Å². The van der Waals surface area contributed by atoms with Crippen LogP contribution in [0.25, 0.3) is 0 Å². The van der Waals surface area contributed by atoms with Crippen LogP contribution in [0.4, 0.5) is 0 Å². The van der Waals surface area contributed by atoms with Gasteiger partial charge < -0.3 is 19.3 Å². The van der Waals surface area contributed by atoms with Gasteiger partial charge in [-0.05, 0) is 31.0 Å². The standard InChI is InChI=1S/C17H20O6/c1-8-5-11-10(3)14(17(20)7-9(2)22-16(17)19)15(18)23-13(11)6-12(8)21-4/h5-6,9-10,14,20H,7H2,1-4H3. The average Bonchev–Trinajstić information content (AvgIpc) is 2.72. The molecule has 1 saturated heterocycles. The van der Waals surface area contributed by atoms with E-state index in [2.05, 4.69) is 0 Å². The van der Waals surface area contributed by atoms with Crippen molar-refractivity contribution in [2.75, 3.05) is 7.11 Å². The third-order valence-corrected chi connectivity index (χ3v) is 4.76. The van der Waals surface area contributed by atoms with Gasteiger partial charge in [-0.25, -0.2) is 4.79 Å². The lowest BCUT2D eigenvalue weighted by atomic mass is 9.73. The van der Waals surface area contributed by atoms with E-state index in [0.717, 1.165) is 11.1 Å². The Morgan fingerprint density at radius 3 is 2.57 bits per heavy atom. The van der Waals surface area contributed by atoms with Crippen LogP contribution >= 0.6 is 0 Å². The van der Waals surface area contributed by atoms with Gasteiger partial charge in [0.25, 0.3) is 0 Å². The zero-order chi connectivity index (χ0) is 16.9. The molecule has 0 saturated carbocycles. The second-order valence-corrected chi connectivity index (χ2v) is 6.39.